The molecule has 0 amide bonds. The standard InChI is InChI=1S/C21H26N2O8S2/c1-13-5-7-14(8-6-13)33(24,25)27-11-15-16(29-20(32)23-10-9-22-12-23)17-18(19(26-4)28-15)31-21(2,3)30-17/h5-10,12,15-19H,11H2,1-4H3/t15-,16-,17+,18+,19+/m1/s1. The van der Waals surface area contributed by atoms with E-state index < -0.39 is 46.6 Å². The molecule has 5 atom stereocenters. The van der Waals surface area contributed by atoms with Gasteiger partial charge in [0.15, 0.2) is 18.2 Å². The monoisotopic (exact) mass is 498 g/mol. The van der Waals surface area contributed by atoms with Crippen LogP contribution in [-0.4, -0.2) is 73.4 Å². The van der Waals surface area contributed by atoms with Crippen LogP contribution in [0.1, 0.15) is 19.4 Å². The van der Waals surface area contributed by atoms with Crippen LogP contribution in [-0.2, 0) is 38.0 Å². The average Bonchev–Trinajstić information content (AvgIpc) is 3.40. The van der Waals surface area contributed by atoms with Gasteiger partial charge in [-0.15, -0.1) is 0 Å². The van der Waals surface area contributed by atoms with Crippen LogP contribution < -0.4 is 0 Å². The number of ether oxygens (including phenoxy) is 5. The number of benzene rings is 1. The molecule has 4 rings (SSSR count). The van der Waals surface area contributed by atoms with Gasteiger partial charge in [0.05, 0.1) is 11.5 Å². The van der Waals surface area contributed by atoms with Crippen molar-refractivity contribution in [3.63, 3.8) is 0 Å². The summed E-state index contributed by atoms with van der Waals surface area (Å²) in [6.45, 7) is 5.04. The van der Waals surface area contributed by atoms with Crippen molar-refractivity contribution in [2.24, 2.45) is 0 Å². The second-order valence-electron chi connectivity index (χ2n) is 8.21. The summed E-state index contributed by atoms with van der Waals surface area (Å²) in [5, 5.41) is 0.0930. The van der Waals surface area contributed by atoms with Gasteiger partial charge in [0, 0.05) is 19.5 Å². The molecular formula is C21H26N2O8S2. The van der Waals surface area contributed by atoms with Gasteiger partial charge >= 0.3 is 0 Å². The van der Waals surface area contributed by atoms with Crippen molar-refractivity contribution < 1.29 is 36.3 Å². The number of methoxy groups -OCH3 is 1. The van der Waals surface area contributed by atoms with Crippen LogP contribution in [0.15, 0.2) is 47.9 Å². The van der Waals surface area contributed by atoms with Crippen LogP contribution >= 0.6 is 12.2 Å². The molecule has 10 nitrogen and oxygen atoms in total. The molecule has 0 radical (unpaired) electrons. The fraction of sp³-hybridized carbons (Fsp3) is 0.524. The SMILES string of the molecule is CO[C@H]1O[C@H](COS(=O)(=O)c2ccc(C)cc2)[C@@H](OC(=S)n2ccnc2)[C@@H]2OC(C)(C)O[C@H]12. The maximum absolute atomic E-state index is 12.7. The lowest BCUT2D eigenvalue weighted by Crippen LogP contribution is -2.59. The second kappa shape index (κ2) is 9.37. The maximum atomic E-state index is 12.7. The van der Waals surface area contributed by atoms with Crippen LogP contribution in [0.5, 0.6) is 0 Å². The molecule has 1 aromatic carbocycles. The number of hydrogen-bond donors (Lipinski definition) is 0. The summed E-state index contributed by atoms with van der Waals surface area (Å²) < 4.78 is 61.8. The lowest BCUT2D eigenvalue weighted by Gasteiger charge is -2.41. The van der Waals surface area contributed by atoms with E-state index >= 15 is 0 Å². The van der Waals surface area contributed by atoms with Crippen molar-refractivity contribution in [3.05, 3.63) is 48.5 Å². The molecule has 0 bridgehead atoms. The molecule has 1 aromatic heterocycles. The first-order valence-electron chi connectivity index (χ1n) is 10.3. The van der Waals surface area contributed by atoms with Crippen LogP contribution in [0, 0.1) is 6.92 Å². The van der Waals surface area contributed by atoms with E-state index in [1.807, 2.05) is 6.92 Å². The normalized spacial score (nSPS) is 28.9. The van der Waals surface area contributed by atoms with E-state index in [4.69, 9.17) is 40.1 Å². The summed E-state index contributed by atoms with van der Waals surface area (Å²) in [6.07, 6.45) is 0.844. The smallest absolute Gasteiger partial charge is 0.297 e. The van der Waals surface area contributed by atoms with Crippen molar-refractivity contribution in [2.75, 3.05) is 13.7 Å². The minimum absolute atomic E-state index is 0.0399. The molecule has 33 heavy (non-hydrogen) atoms. The highest BCUT2D eigenvalue weighted by molar-refractivity contribution is 7.86. The summed E-state index contributed by atoms with van der Waals surface area (Å²) in [6, 6.07) is 6.36. The van der Waals surface area contributed by atoms with Crippen LogP contribution in [0.25, 0.3) is 0 Å². The number of rotatable bonds is 6. The van der Waals surface area contributed by atoms with E-state index in [1.54, 1.807) is 38.4 Å². The van der Waals surface area contributed by atoms with Gasteiger partial charge in [-0.1, -0.05) is 17.7 Å². The Morgan fingerprint density at radius 3 is 2.55 bits per heavy atom. The van der Waals surface area contributed by atoms with Crippen LogP contribution in [0.4, 0.5) is 0 Å². The fourth-order valence-corrected chi connectivity index (χ4v) is 4.90. The minimum Gasteiger partial charge on any atom is -0.461 e. The lowest BCUT2D eigenvalue weighted by atomic mass is 9.99. The third-order valence-electron chi connectivity index (χ3n) is 5.31. The van der Waals surface area contributed by atoms with Gasteiger partial charge in [0.2, 0.25) is 0 Å². The summed E-state index contributed by atoms with van der Waals surface area (Å²) in [4.78, 5) is 4.00. The number of hydrogen-bond acceptors (Lipinski definition) is 10. The number of aromatic nitrogens is 2. The Morgan fingerprint density at radius 2 is 1.91 bits per heavy atom. The third-order valence-corrected chi connectivity index (χ3v) is 6.92. The van der Waals surface area contributed by atoms with E-state index in [-0.39, 0.29) is 16.7 Å². The Balaban J connectivity index is 1.57. The number of aryl methyl sites for hydroxylation is 1. The Labute approximate surface area is 197 Å². The molecule has 2 aliphatic rings. The van der Waals surface area contributed by atoms with E-state index in [0.717, 1.165) is 5.56 Å². The number of imidazole rings is 1. The molecule has 0 aliphatic carbocycles. The van der Waals surface area contributed by atoms with Gasteiger partial charge in [0.1, 0.15) is 24.6 Å². The van der Waals surface area contributed by atoms with Gasteiger partial charge in [0.25, 0.3) is 15.3 Å². The highest BCUT2D eigenvalue weighted by Crippen LogP contribution is 2.39. The zero-order chi connectivity index (χ0) is 23.8. The molecule has 0 unspecified atom stereocenters. The number of nitrogens with zero attached hydrogens (tertiary/aromatic N) is 2. The van der Waals surface area contributed by atoms with E-state index in [0.29, 0.717) is 0 Å². The maximum Gasteiger partial charge on any atom is 0.297 e. The van der Waals surface area contributed by atoms with E-state index in [2.05, 4.69) is 4.98 Å². The molecule has 3 heterocycles. The summed E-state index contributed by atoms with van der Waals surface area (Å²) in [7, 11) is -2.57. The van der Waals surface area contributed by atoms with Crippen molar-refractivity contribution in [3.8, 4) is 0 Å². The molecule has 12 heteroatoms. The van der Waals surface area contributed by atoms with Crippen molar-refractivity contribution >= 4 is 27.5 Å². The summed E-state index contributed by atoms with van der Waals surface area (Å²) in [5.41, 5.74) is 0.931. The molecule has 180 valence electrons. The summed E-state index contributed by atoms with van der Waals surface area (Å²) >= 11 is 5.39. The molecule has 0 saturated carbocycles. The van der Waals surface area contributed by atoms with Gasteiger partial charge in [-0.2, -0.15) is 8.42 Å². The van der Waals surface area contributed by atoms with Gasteiger partial charge in [-0.05, 0) is 45.1 Å². The second-order valence-corrected chi connectivity index (χ2v) is 10.2. The number of thiocarbonyl (C=S) groups is 1. The van der Waals surface area contributed by atoms with Crippen LogP contribution in [0.3, 0.4) is 0 Å². The Kier molecular flexibility index (Phi) is 6.87. The highest BCUT2D eigenvalue weighted by Gasteiger charge is 2.57. The molecular weight excluding hydrogens is 472 g/mol. The summed E-state index contributed by atoms with van der Waals surface area (Å²) in [5.74, 6) is -0.933. The fourth-order valence-electron chi connectivity index (χ4n) is 3.76. The highest BCUT2D eigenvalue weighted by atomic mass is 32.2. The van der Waals surface area contributed by atoms with Crippen molar-refractivity contribution in [2.45, 2.75) is 62.2 Å². The molecule has 2 saturated heterocycles. The Hall–Kier alpha value is -1.93. The van der Waals surface area contributed by atoms with Crippen molar-refractivity contribution in [1.29, 1.82) is 0 Å². The van der Waals surface area contributed by atoms with Gasteiger partial charge in [-0.25, -0.2) is 4.98 Å². The zero-order valence-corrected chi connectivity index (χ0v) is 20.2. The van der Waals surface area contributed by atoms with Gasteiger partial charge in [-0.3, -0.25) is 8.75 Å². The van der Waals surface area contributed by atoms with Gasteiger partial charge < -0.3 is 23.7 Å². The Morgan fingerprint density at radius 1 is 1.21 bits per heavy atom. The van der Waals surface area contributed by atoms with E-state index in [9.17, 15) is 8.42 Å². The number of fused-ring (bicyclic) bond motifs is 1. The largest absolute Gasteiger partial charge is 0.461 e. The van der Waals surface area contributed by atoms with E-state index in [1.165, 1.54) is 30.1 Å². The lowest BCUT2D eigenvalue weighted by molar-refractivity contribution is -0.268. The quantitative estimate of drug-likeness (QED) is 0.434. The first-order chi connectivity index (χ1) is 15.6. The van der Waals surface area contributed by atoms with Crippen molar-refractivity contribution in [1.82, 2.24) is 9.55 Å². The predicted octanol–water partition coefficient (Wildman–Crippen LogP) is 2.01. The molecule has 0 N–H and O–H groups in total. The minimum atomic E-state index is -4.04. The first-order valence-corrected chi connectivity index (χ1v) is 12.1. The topological polar surface area (TPSA) is 107 Å². The molecule has 2 fully saturated rings. The Bertz CT molecular complexity index is 1070. The third kappa shape index (κ3) is 5.27. The first kappa shape index (κ1) is 24.2. The predicted molar refractivity (Wildman–Crippen MR) is 119 cm³/mol. The molecule has 2 aromatic rings. The molecule has 0 spiro atoms. The molecule has 2 aliphatic heterocycles. The zero-order valence-electron chi connectivity index (χ0n) is 18.6. The average molecular weight is 499 g/mol. The van der Waals surface area contributed by atoms with Crippen LogP contribution in [0.2, 0.25) is 0 Å².